The molecule has 1 aliphatic rings. The van der Waals surface area contributed by atoms with E-state index in [0.29, 0.717) is 16.6 Å². The maximum Gasteiger partial charge on any atom is 0.239 e. The second-order valence-corrected chi connectivity index (χ2v) is 6.81. The summed E-state index contributed by atoms with van der Waals surface area (Å²) in [5.74, 6) is 0.00538. The fourth-order valence-corrected chi connectivity index (χ4v) is 3.32. The van der Waals surface area contributed by atoms with E-state index in [1.165, 1.54) is 17.3 Å². The molecule has 3 rings (SSSR count). The first-order valence-corrected chi connectivity index (χ1v) is 8.23. The number of amidine groups is 1. The number of rotatable bonds is 3. The summed E-state index contributed by atoms with van der Waals surface area (Å²) < 4.78 is 0. The Balaban J connectivity index is 1.70. The Kier molecular flexibility index (Phi) is 4.50. The van der Waals surface area contributed by atoms with Gasteiger partial charge in [0.2, 0.25) is 5.91 Å². The van der Waals surface area contributed by atoms with Crippen LogP contribution >= 0.6 is 23.4 Å². The number of nitrogens with one attached hydrogen (secondary N) is 1. The number of aryl methyl sites for hydroxylation is 1. The lowest BCUT2D eigenvalue weighted by molar-refractivity contribution is -0.118. The molecule has 2 aromatic rings. The van der Waals surface area contributed by atoms with Crippen molar-refractivity contribution in [2.75, 3.05) is 0 Å². The minimum absolute atomic E-state index is 0.00538. The maximum absolute atomic E-state index is 12.1. The van der Waals surface area contributed by atoms with E-state index >= 15 is 0 Å². The molecule has 0 spiro atoms. The van der Waals surface area contributed by atoms with E-state index < -0.39 is 0 Å². The van der Waals surface area contributed by atoms with E-state index in [0.717, 1.165) is 11.3 Å². The molecule has 0 aliphatic carbocycles. The van der Waals surface area contributed by atoms with Gasteiger partial charge in [0.1, 0.15) is 0 Å². The first-order valence-electron chi connectivity index (χ1n) is 6.97. The Morgan fingerprint density at radius 3 is 2.50 bits per heavy atom. The topological polar surface area (TPSA) is 41.5 Å². The minimum Gasteiger partial charge on any atom is -0.304 e. The van der Waals surface area contributed by atoms with Gasteiger partial charge in [0.15, 0.2) is 5.17 Å². The number of hydrogen-bond donors (Lipinski definition) is 1. The maximum atomic E-state index is 12.1. The Morgan fingerprint density at radius 1 is 1.14 bits per heavy atom. The molecule has 112 valence electrons. The summed E-state index contributed by atoms with van der Waals surface area (Å²) in [5, 5.41) is 4.06. The fourth-order valence-electron chi connectivity index (χ4n) is 2.16. The molecule has 0 aromatic heterocycles. The van der Waals surface area contributed by atoms with Gasteiger partial charge in [-0.05, 0) is 43.2 Å². The van der Waals surface area contributed by atoms with Crippen molar-refractivity contribution < 1.29 is 4.79 Å². The van der Waals surface area contributed by atoms with Gasteiger partial charge in [-0.1, -0.05) is 53.2 Å². The van der Waals surface area contributed by atoms with Crippen LogP contribution in [0.2, 0.25) is 5.02 Å². The summed E-state index contributed by atoms with van der Waals surface area (Å²) in [7, 11) is 0. The van der Waals surface area contributed by atoms with Crippen LogP contribution in [0.4, 0.5) is 5.69 Å². The summed E-state index contributed by atoms with van der Waals surface area (Å²) in [5.41, 5.74) is 3.13. The average Bonchev–Trinajstić information content (AvgIpc) is 2.84. The van der Waals surface area contributed by atoms with Crippen LogP contribution in [0.25, 0.3) is 0 Å². The van der Waals surface area contributed by atoms with E-state index in [2.05, 4.69) is 10.3 Å². The highest BCUT2D eigenvalue weighted by atomic mass is 35.5. The number of carbonyl (C=O) groups excluding carboxylic acids is 1. The third kappa shape index (κ3) is 3.70. The highest BCUT2D eigenvalue weighted by Gasteiger charge is 2.30. The van der Waals surface area contributed by atoms with Crippen LogP contribution in [0, 0.1) is 6.92 Å². The molecule has 1 N–H and O–H groups in total. The highest BCUT2D eigenvalue weighted by Crippen LogP contribution is 2.26. The van der Waals surface area contributed by atoms with E-state index in [1.807, 2.05) is 55.5 Å². The zero-order valence-corrected chi connectivity index (χ0v) is 13.6. The van der Waals surface area contributed by atoms with Crippen LogP contribution in [-0.2, 0) is 11.2 Å². The second kappa shape index (κ2) is 6.55. The molecule has 3 nitrogen and oxygen atoms in total. The molecule has 1 amide bonds. The highest BCUT2D eigenvalue weighted by molar-refractivity contribution is 8.15. The van der Waals surface area contributed by atoms with E-state index in [9.17, 15) is 4.79 Å². The van der Waals surface area contributed by atoms with Crippen molar-refractivity contribution in [3.63, 3.8) is 0 Å². The van der Waals surface area contributed by atoms with E-state index in [4.69, 9.17) is 11.6 Å². The Bertz CT molecular complexity index is 710. The first-order chi connectivity index (χ1) is 10.6. The van der Waals surface area contributed by atoms with Gasteiger partial charge >= 0.3 is 0 Å². The van der Waals surface area contributed by atoms with Crippen LogP contribution in [0.1, 0.15) is 11.1 Å². The molecule has 0 radical (unpaired) electrons. The van der Waals surface area contributed by atoms with Crippen molar-refractivity contribution in [1.29, 1.82) is 0 Å². The molecule has 0 bridgehead atoms. The Hall–Kier alpha value is -1.78. The lowest BCUT2D eigenvalue weighted by atomic mass is 10.1. The van der Waals surface area contributed by atoms with Gasteiger partial charge in [-0.15, -0.1) is 0 Å². The zero-order valence-electron chi connectivity index (χ0n) is 12.0. The molecular weight excluding hydrogens is 316 g/mol. The molecule has 1 fully saturated rings. The number of benzene rings is 2. The van der Waals surface area contributed by atoms with Gasteiger partial charge in [0, 0.05) is 5.02 Å². The van der Waals surface area contributed by atoms with Crippen molar-refractivity contribution in [2.45, 2.75) is 18.6 Å². The number of thioether (sulfide) groups is 1. The van der Waals surface area contributed by atoms with Gasteiger partial charge in [0.05, 0.1) is 10.9 Å². The first kappa shape index (κ1) is 15.1. The molecule has 2 aromatic carbocycles. The summed E-state index contributed by atoms with van der Waals surface area (Å²) in [4.78, 5) is 16.5. The van der Waals surface area contributed by atoms with Gasteiger partial charge in [-0.2, -0.15) is 0 Å². The molecule has 5 heteroatoms. The minimum atomic E-state index is -0.148. The summed E-state index contributed by atoms with van der Waals surface area (Å²) in [6.07, 6.45) is 0.667. The lowest BCUT2D eigenvalue weighted by Crippen LogP contribution is -2.25. The SMILES string of the molecule is Cc1ccc(N=C2NC(=O)[C@@H](Cc3ccc(Cl)cc3)S2)cc1. The molecule has 1 atom stereocenters. The standard InChI is InChI=1S/C17H15ClN2OS/c1-11-2-8-14(9-3-11)19-17-20-16(21)15(22-17)10-12-4-6-13(18)7-5-12/h2-9,15H,10H2,1H3,(H,19,20,21)/t15-/m1/s1. The molecule has 0 unspecified atom stereocenters. The summed E-state index contributed by atoms with van der Waals surface area (Å²) in [6.45, 7) is 2.03. The third-order valence-corrected chi connectivity index (χ3v) is 4.71. The van der Waals surface area contributed by atoms with Crippen molar-refractivity contribution in [1.82, 2.24) is 5.32 Å². The van der Waals surface area contributed by atoms with Gasteiger partial charge in [-0.3, -0.25) is 4.79 Å². The number of hydrogen-bond acceptors (Lipinski definition) is 3. The average molecular weight is 331 g/mol. The van der Waals surface area contributed by atoms with E-state index in [1.54, 1.807) is 0 Å². The quantitative estimate of drug-likeness (QED) is 0.920. The largest absolute Gasteiger partial charge is 0.304 e. The predicted molar refractivity (Wildman–Crippen MR) is 93.0 cm³/mol. The number of amides is 1. The second-order valence-electron chi connectivity index (χ2n) is 5.18. The van der Waals surface area contributed by atoms with Crippen LogP contribution in [0.3, 0.4) is 0 Å². The summed E-state index contributed by atoms with van der Waals surface area (Å²) >= 11 is 7.35. The van der Waals surface area contributed by atoms with Crippen molar-refractivity contribution in [3.05, 3.63) is 64.7 Å². The van der Waals surface area contributed by atoms with Crippen LogP contribution in [-0.4, -0.2) is 16.3 Å². The smallest absolute Gasteiger partial charge is 0.239 e. The fraction of sp³-hybridized carbons (Fsp3) is 0.176. The summed E-state index contributed by atoms with van der Waals surface area (Å²) in [6, 6.07) is 15.5. The van der Waals surface area contributed by atoms with Crippen molar-refractivity contribution in [3.8, 4) is 0 Å². The Morgan fingerprint density at radius 2 is 1.82 bits per heavy atom. The molecule has 22 heavy (non-hydrogen) atoms. The lowest BCUT2D eigenvalue weighted by Gasteiger charge is -2.05. The van der Waals surface area contributed by atoms with E-state index in [-0.39, 0.29) is 11.2 Å². The van der Waals surface area contributed by atoms with Crippen molar-refractivity contribution >= 4 is 40.1 Å². The van der Waals surface area contributed by atoms with Crippen LogP contribution in [0.5, 0.6) is 0 Å². The number of halogens is 1. The van der Waals surface area contributed by atoms with Crippen molar-refractivity contribution in [2.24, 2.45) is 4.99 Å². The molecule has 1 aliphatic heterocycles. The number of carbonyl (C=O) groups is 1. The number of aliphatic imine (C=N–C) groups is 1. The Labute approximate surface area is 138 Å². The third-order valence-electron chi connectivity index (χ3n) is 3.38. The molecule has 1 heterocycles. The van der Waals surface area contributed by atoms with Gasteiger partial charge in [-0.25, -0.2) is 4.99 Å². The van der Waals surface area contributed by atoms with Gasteiger partial charge in [0.25, 0.3) is 0 Å². The van der Waals surface area contributed by atoms with Crippen LogP contribution in [0.15, 0.2) is 53.5 Å². The molecule has 1 saturated heterocycles. The monoisotopic (exact) mass is 330 g/mol. The zero-order chi connectivity index (χ0) is 15.5. The molecule has 0 saturated carbocycles. The normalized spacial score (nSPS) is 19.5. The number of nitrogens with zero attached hydrogens (tertiary/aromatic N) is 1. The predicted octanol–water partition coefficient (Wildman–Crippen LogP) is 4.11. The molecular formula is C17H15ClN2OS. The van der Waals surface area contributed by atoms with Crippen LogP contribution < -0.4 is 5.32 Å². The van der Waals surface area contributed by atoms with Gasteiger partial charge < -0.3 is 5.32 Å².